The molecule has 2 atom stereocenters. The van der Waals surface area contributed by atoms with Crippen LogP contribution in [0.25, 0.3) is 0 Å². The Kier molecular flexibility index (Phi) is 4.65. The van der Waals surface area contributed by atoms with Crippen molar-refractivity contribution in [2.45, 2.75) is 53.2 Å². The Morgan fingerprint density at radius 2 is 2.06 bits per heavy atom. The fourth-order valence-electron chi connectivity index (χ4n) is 1.59. The first-order valence-electron chi connectivity index (χ1n) is 5.96. The lowest BCUT2D eigenvalue weighted by atomic mass is 9.88. The summed E-state index contributed by atoms with van der Waals surface area (Å²) >= 11 is 0. The highest BCUT2D eigenvalue weighted by molar-refractivity contribution is 4.97. The molecule has 2 unspecified atom stereocenters. The van der Waals surface area contributed by atoms with Crippen LogP contribution in [0.3, 0.4) is 0 Å². The Morgan fingerprint density at radius 3 is 2.53 bits per heavy atom. The molecule has 1 aromatic rings. The van der Waals surface area contributed by atoms with E-state index >= 15 is 0 Å². The third-order valence-electron chi connectivity index (χ3n) is 2.31. The van der Waals surface area contributed by atoms with Gasteiger partial charge in [-0.3, -0.25) is 0 Å². The van der Waals surface area contributed by atoms with E-state index in [-0.39, 0.29) is 11.5 Å². The standard InChI is InChI=1S/C12H22N2O3/c1-6-16-10(12(3,4)5)11-13-9(17-14-11)7-8(2)15/h8,10,15H,6-7H2,1-5H3. The molecule has 5 nitrogen and oxygen atoms in total. The monoisotopic (exact) mass is 242 g/mol. The minimum Gasteiger partial charge on any atom is -0.393 e. The van der Waals surface area contributed by atoms with E-state index in [1.165, 1.54) is 0 Å². The van der Waals surface area contributed by atoms with E-state index in [2.05, 4.69) is 30.9 Å². The van der Waals surface area contributed by atoms with Crippen molar-refractivity contribution < 1.29 is 14.4 Å². The molecule has 0 spiro atoms. The molecule has 98 valence electrons. The van der Waals surface area contributed by atoms with Crippen molar-refractivity contribution in [3.05, 3.63) is 11.7 Å². The molecular weight excluding hydrogens is 220 g/mol. The van der Waals surface area contributed by atoms with Crippen molar-refractivity contribution in [2.24, 2.45) is 5.41 Å². The van der Waals surface area contributed by atoms with Crippen molar-refractivity contribution in [1.82, 2.24) is 10.1 Å². The van der Waals surface area contributed by atoms with Crippen LogP contribution in [0.5, 0.6) is 0 Å². The number of nitrogens with zero attached hydrogens (tertiary/aromatic N) is 2. The molecule has 0 amide bonds. The molecule has 0 bridgehead atoms. The van der Waals surface area contributed by atoms with Gasteiger partial charge in [0, 0.05) is 6.61 Å². The normalized spacial score (nSPS) is 15.9. The summed E-state index contributed by atoms with van der Waals surface area (Å²) in [5.41, 5.74) is -0.0953. The molecule has 1 heterocycles. The zero-order valence-corrected chi connectivity index (χ0v) is 11.2. The summed E-state index contributed by atoms with van der Waals surface area (Å²) in [6.45, 7) is 10.4. The third-order valence-corrected chi connectivity index (χ3v) is 2.31. The van der Waals surface area contributed by atoms with Crippen molar-refractivity contribution in [1.29, 1.82) is 0 Å². The van der Waals surface area contributed by atoms with Gasteiger partial charge in [-0.05, 0) is 19.3 Å². The first-order chi connectivity index (χ1) is 7.84. The first kappa shape index (κ1) is 14.1. The van der Waals surface area contributed by atoms with Crippen LogP contribution >= 0.6 is 0 Å². The van der Waals surface area contributed by atoms with Gasteiger partial charge in [0.05, 0.1) is 12.5 Å². The third kappa shape index (κ3) is 4.09. The van der Waals surface area contributed by atoms with E-state index in [9.17, 15) is 5.11 Å². The molecule has 0 aromatic carbocycles. The van der Waals surface area contributed by atoms with Crippen molar-refractivity contribution in [3.63, 3.8) is 0 Å². The smallest absolute Gasteiger partial charge is 0.229 e. The average molecular weight is 242 g/mol. The Hall–Kier alpha value is -0.940. The molecule has 1 N–H and O–H groups in total. The second kappa shape index (κ2) is 5.60. The van der Waals surface area contributed by atoms with Crippen molar-refractivity contribution in [2.75, 3.05) is 6.61 Å². The van der Waals surface area contributed by atoms with E-state index in [1.807, 2.05) is 6.92 Å². The minimum atomic E-state index is -0.483. The Balaban J connectivity index is 2.84. The van der Waals surface area contributed by atoms with Crippen LogP contribution in [0.1, 0.15) is 52.4 Å². The van der Waals surface area contributed by atoms with E-state index in [4.69, 9.17) is 9.26 Å². The molecule has 0 aliphatic heterocycles. The fourth-order valence-corrected chi connectivity index (χ4v) is 1.59. The predicted molar refractivity (Wildman–Crippen MR) is 63.5 cm³/mol. The number of ether oxygens (including phenoxy) is 1. The Morgan fingerprint density at radius 1 is 1.41 bits per heavy atom. The van der Waals surface area contributed by atoms with E-state index in [0.29, 0.717) is 24.7 Å². The number of aromatic nitrogens is 2. The lowest BCUT2D eigenvalue weighted by Crippen LogP contribution is -2.22. The zero-order valence-electron chi connectivity index (χ0n) is 11.2. The zero-order chi connectivity index (χ0) is 13.1. The maximum absolute atomic E-state index is 9.26. The summed E-state index contributed by atoms with van der Waals surface area (Å²) in [7, 11) is 0. The predicted octanol–water partition coefficient (Wildman–Crippen LogP) is 2.12. The quantitative estimate of drug-likeness (QED) is 0.856. The topological polar surface area (TPSA) is 68.4 Å². The van der Waals surface area contributed by atoms with Gasteiger partial charge in [-0.2, -0.15) is 4.98 Å². The average Bonchev–Trinajstić information content (AvgIpc) is 2.59. The number of rotatable bonds is 5. The van der Waals surface area contributed by atoms with Gasteiger partial charge >= 0.3 is 0 Å². The van der Waals surface area contributed by atoms with E-state index in [0.717, 1.165) is 0 Å². The lowest BCUT2D eigenvalue weighted by molar-refractivity contribution is -0.0203. The van der Waals surface area contributed by atoms with Crippen LogP contribution in [-0.4, -0.2) is 28.0 Å². The molecule has 0 saturated heterocycles. The number of hydrogen-bond donors (Lipinski definition) is 1. The van der Waals surface area contributed by atoms with Gasteiger partial charge in [-0.25, -0.2) is 0 Å². The maximum Gasteiger partial charge on any atom is 0.229 e. The molecule has 0 fully saturated rings. The molecule has 0 saturated carbocycles. The highest BCUT2D eigenvalue weighted by Crippen LogP contribution is 2.34. The van der Waals surface area contributed by atoms with Gasteiger partial charge in [-0.15, -0.1) is 0 Å². The second-order valence-corrected chi connectivity index (χ2v) is 5.30. The fraction of sp³-hybridized carbons (Fsp3) is 0.833. The van der Waals surface area contributed by atoms with Gasteiger partial charge in [-0.1, -0.05) is 25.9 Å². The van der Waals surface area contributed by atoms with Crippen LogP contribution in [0.4, 0.5) is 0 Å². The van der Waals surface area contributed by atoms with Gasteiger partial charge in [0.2, 0.25) is 11.7 Å². The molecular formula is C12H22N2O3. The van der Waals surface area contributed by atoms with Crippen LogP contribution in [0.15, 0.2) is 4.52 Å². The lowest BCUT2D eigenvalue weighted by Gasteiger charge is -2.27. The van der Waals surface area contributed by atoms with Gasteiger partial charge < -0.3 is 14.4 Å². The molecule has 17 heavy (non-hydrogen) atoms. The summed E-state index contributed by atoms with van der Waals surface area (Å²) in [5.74, 6) is 0.999. The molecule has 1 rings (SSSR count). The SMILES string of the molecule is CCOC(c1noc(CC(C)O)n1)C(C)(C)C. The number of hydrogen-bond acceptors (Lipinski definition) is 5. The molecule has 1 aromatic heterocycles. The number of aliphatic hydroxyl groups excluding tert-OH is 1. The van der Waals surface area contributed by atoms with Gasteiger partial charge in [0.25, 0.3) is 0 Å². The van der Waals surface area contributed by atoms with E-state index in [1.54, 1.807) is 6.92 Å². The minimum absolute atomic E-state index is 0.0953. The largest absolute Gasteiger partial charge is 0.393 e. The second-order valence-electron chi connectivity index (χ2n) is 5.30. The first-order valence-corrected chi connectivity index (χ1v) is 5.96. The van der Waals surface area contributed by atoms with Gasteiger partial charge in [0.15, 0.2) is 0 Å². The van der Waals surface area contributed by atoms with Crippen molar-refractivity contribution >= 4 is 0 Å². The van der Waals surface area contributed by atoms with Crippen LogP contribution in [0.2, 0.25) is 0 Å². The van der Waals surface area contributed by atoms with Crippen LogP contribution in [-0.2, 0) is 11.2 Å². The maximum atomic E-state index is 9.26. The Bertz CT molecular complexity index is 342. The highest BCUT2D eigenvalue weighted by Gasteiger charge is 2.31. The number of aliphatic hydroxyl groups is 1. The molecule has 0 radical (unpaired) electrons. The molecule has 0 aliphatic carbocycles. The molecule has 5 heteroatoms. The summed E-state index contributed by atoms with van der Waals surface area (Å²) in [4.78, 5) is 4.27. The van der Waals surface area contributed by atoms with Crippen molar-refractivity contribution in [3.8, 4) is 0 Å². The summed E-state index contributed by atoms with van der Waals surface area (Å²) in [6, 6.07) is 0. The summed E-state index contributed by atoms with van der Waals surface area (Å²) in [5, 5.41) is 13.2. The molecule has 0 aliphatic rings. The van der Waals surface area contributed by atoms with Crippen LogP contribution in [0, 0.1) is 5.41 Å². The van der Waals surface area contributed by atoms with E-state index < -0.39 is 6.10 Å². The Labute approximate surface area is 102 Å². The van der Waals surface area contributed by atoms with Crippen LogP contribution < -0.4 is 0 Å². The summed E-state index contributed by atoms with van der Waals surface area (Å²) < 4.78 is 10.8. The highest BCUT2D eigenvalue weighted by atomic mass is 16.5. The summed E-state index contributed by atoms with van der Waals surface area (Å²) in [6.07, 6.45) is -0.307. The van der Waals surface area contributed by atoms with Gasteiger partial charge in [0.1, 0.15) is 6.10 Å².